The van der Waals surface area contributed by atoms with Crippen molar-refractivity contribution < 1.29 is 4.79 Å². The molecule has 1 amide bonds. The molecule has 1 atom stereocenters. The standard InChI is InChI=1S/C20H17ClN4O/c1-13-12-14-4-2-3-5-18(14)25(13)20(26)17-10-11-19(24-23-17)22-16-8-6-15(21)7-9-16/h2-11,13H,12H2,1H3,(H,22,24). The average Bonchev–Trinajstić information content (AvgIpc) is 2.99. The molecule has 4 rings (SSSR count). The van der Waals surface area contributed by atoms with Crippen molar-refractivity contribution in [3.8, 4) is 0 Å². The second-order valence-corrected chi connectivity index (χ2v) is 6.73. The minimum atomic E-state index is -0.131. The minimum absolute atomic E-state index is 0.105. The topological polar surface area (TPSA) is 58.1 Å². The second kappa shape index (κ2) is 6.77. The highest BCUT2D eigenvalue weighted by Gasteiger charge is 2.31. The van der Waals surface area contributed by atoms with E-state index in [1.165, 1.54) is 5.56 Å². The third-order valence-corrected chi connectivity index (χ3v) is 4.68. The van der Waals surface area contributed by atoms with Gasteiger partial charge in [-0.1, -0.05) is 29.8 Å². The van der Waals surface area contributed by atoms with Crippen LogP contribution >= 0.6 is 11.6 Å². The first-order chi connectivity index (χ1) is 12.6. The Bertz CT molecular complexity index is 941. The van der Waals surface area contributed by atoms with Crippen LogP contribution in [0.25, 0.3) is 0 Å². The molecule has 5 nitrogen and oxygen atoms in total. The number of fused-ring (bicyclic) bond motifs is 1. The molecule has 3 aromatic rings. The van der Waals surface area contributed by atoms with Gasteiger partial charge in [-0.2, -0.15) is 0 Å². The first kappa shape index (κ1) is 16.5. The summed E-state index contributed by atoms with van der Waals surface area (Å²) in [5.41, 5.74) is 3.32. The quantitative estimate of drug-likeness (QED) is 0.745. The number of rotatable bonds is 3. The number of para-hydroxylation sites is 1. The van der Waals surface area contributed by atoms with Gasteiger partial charge in [-0.15, -0.1) is 10.2 Å². The molecule has 0 aliphatic carbocycles. The lowest BCUT2D eigenvalue weighted by atomic mass is 10.1. The Morgan fingerprint density at radius 2 is 1.85 bits per heavy atom. The van der Waals surface area contributed by atoms with E-state index in [2.05, 4.69) is 21.6 Å². The molecule has 0 saturated heterocycles. The molecule has 26 heavy (non-hydrogen) atoms. The zero-order valence-electron chi connectivity index (χ0n) is 14.2. The van der Waals surface area contributed by atoms with E-state index in [0.717, 1.165) is 17.8 Å². The molecule has 0 radical (unpaired) electrons. The van der Waals surface area contributed by atoms with Crippen molar-refractivity contribution in [2.75, 3.05) is 10.2 Å². The SMILES string of the molecule is CC1Cc2ccccc2N1C(=O)c1ccc(Nc2ccc(Cl)cc2)nn1. The van der Waals surface area contributed by atoms with E-state index in [1.807, 2.05) is 37.3 Å². The number of carbonyl (C=O) groups is 1. The number of nitrogens with zero attached hydrogens (tertiary/aromatic N) is 3. The monoisotopic (exact) mass is 364 g/mol. The predicted octanol–water partition coefficient (Wildman–Crippen LogP) is 4.47. The summed E-state index contributed by atoms with van der Waals surface area (Å²) in [5, 5.41) is 12.0. The van der Waals surface area contributed by atoms with Crippen LogP contribution in [0.2, 0.25) is 5.02 Å². The fourth-order valence-corrected chi connectivity index (χ4v) is 3.32. The third kappa shape index (κ3) is 3.13. The van der Waals surface area contributed by atoms with Gasteiger partial charge in [-0.25, -0.2) is 0 Å². The van der Waals surface area contributed by atoms with Crippen LogP contribution in [-0.2, 0) is 6.42 Å². The maximum absolute atomic E-state index is 12.9. The Morgan fingerprint density at radius 3 is 2.58 bits per heavy atom. The van der Waals surface area contributed by atoms with Gasteiger partial charge in [0.05, 0.1) is 0 Å². The van der Waals surface area contributed by atoms with Gasteiger partial charge in [0.15, 0.2) is 11.5 Å². The van der Waals surface area contributed by atoms with Crippen LogP contribution in [-0.4, -0.2) is 22.1 Å². The van der Waals surface area contributed by atoms with Gasteiger partial charge in [-0.3, -0.25) is 4.79 Å². The summed E-state index contributed by atoms with van der Waals surface area (Å²) in [4.78, 5) is 14.7. The van der Waals surface area contributed by atoms with Crippen LogP contribution < -0.4 is 10.2 Å². The summed E-state index contributed by atoms with van der Waals surface area (Å²) < 4.78 is 0. The summed E-state index contributed by atoms with van der Waals surface area (Å²) in [6.07, 6.45) is 0.853. The van der Waals surface area contributed by atoms with Crippen molar-refractivity contribution in [2.45, 2.75) is 19.4 Å². The van der Waals surface area contributed by atoms with Gasteiger partial charge < -0.3 is 10.2 Å². The van der Waals surface area contributed by atoms with Gasteiger partial charge in [0.25, 0.3) is 5.91 Å². The maximum Gasteiger partial charge on any atom is 0.279 e. The molecule has 0 fully saturated rings. The van der Waals surface area contributed by atoms with Gasteiger partial charge >= 0.3 is 0 Å². The Kier molecular flexibility index (Phi) is 4.31. The smallest absolute Gasteiger partial charge is 0.279 e. The molecule has 2 heterocycles. The predicted molar refractivity (Wildman–Crippen MR) is 103 cm³/mol. The van der Waals surface area contributed by atoms with E-state index in [4.69, 9.17) is 11.6 Å². The summed E-state index contributed by atoms with van der Waals surface area (Å²) in [6, 6.07) is 18.8. The first-order valence-electron chi connectivity index (χ1n) is 8.39. The number of aromatic nitrogens is 2. The Hall–Kier alpha value is -2.92. The molecule has 1 aromatic heterocycles. The molecular formula is C20H17ClN4O. The summed E-state index contributed by atoms with van der Waals surface area (Å²) in [5.74, 6) is 0.437. The molecule has 1 N–H and O–H groups in total. The van der Waals surface area contributed by atoms with Crippen molar-refractivity contribution in [3.63, 3.8) is 0 Å². The highest BCUT2D eigenvalue weighted by atomic mass is 35.5. The van der Waals surface area contributed by atoms with Gasteiger partial charge in [0.1, 0.15) is 0 Å². The molecule has 1 aliphatic heterocycles. The fourth-order valence-electron chi connectivity index (χ4n) is 3.19. The lowest BCUT2D eigenvalue weighted by molar-refractivity contribution is 0.0975. The van der Waals surface area contributed by atoms with E-state index >= 15 is 0 Å². The normalized spacial score (nSPS) is 15.6. The van der Waals surface area contributed by atoms with Crippen molar-refractivity contribution in [1.82, 2.24) is 10.2 Å². The first-order valence-corrected chi connectivity index (χ1v) is 8.77. The lowest BCUT2D eigenvalue weighted by Crippen LogP contribution is -2.36. The highest BCUT2D eigenvalue weighted by molar-refractivity contribution is 6.30. The van der Waals surface area contributed by atoms with E-state index in [0.29, 0.717) is 16.5 Å². The van der Waals surface area contributed by atoms with Crippen LogP contribution in [0.1, 0.15) is 23.0 Å². The largest absolute Gasteiger partial charge is 0.339 e. The van der Waals surface area contributed by atoms with E-state index in [-0.39, 0.29) is 11.9 Å². The van der Waals surface area contributed by atoms with Crippen LogP contribution in [0.3, 0.4) is 0 Å². The number of hydrogen-bond donors (Lipinski definition) is 1. The average molecular weight is 365 g/mol. The molecule has 0 saturated carbocycles. The molecule has 130 valence electrons. The highest BCUT2D eigenvalue weighted by Crippen LogP contribution is 2.32. The summed E-state index contributed by atoms with van der Waals surface area (Å²) >= 11 is 5.88. The van der Waals surface area contributed by atoms with Crippen LogP contribution in [0, 0.1) is 0 Å². The molecule has 6 heteroatoms. The molecule has 1 unspecified atom stereocenters. The Balaban J connectivity index is 1.53. The molecular weight excluding hydrogens is 348 g/mol. The number of carbonyl (C=O) groups excluding carboxylic acids is 1. The van der Waals surface area contributed by atoms with E-state index < -0.39 is 0 Å². The summed E-state index contributed by atoms with van der Waals surface area (Å²) in [7, 11) is 0. The number of benzene rings is 2. The number of nitrogens with one attached hydrogen (secondary N) is 1. The van der Waals surface area contributed by atoms with E-state index in [9.17, 15) is 4.79 Å². The zero-order chi connectivity index (χ0) is 18.1. The van der Waals surface area contributed by atoms with Crippen molar-refractivity contribution in [2.24, 2.45) is 0 Å². The number of anilines is 3. The minimum Gasteiger partial charge on any atom is -0.339 e. The maximum atomic E-state index is 12.9. The van der Waals surface area contributed by atoms with E-state index in [1.54, 1.807) is 29.2 Å². The van der Waals surface area contributed by atoms with Crippen LogP contribution in [0.5, 0.6) is 0 Å². The Labute approximate surface area is 156 Å². The van der Waals surface area contributed by atoms with Gasteiger partial charge in [0.2, 0.25) is 0 Å². The van der Waals surface area contributed by atoms with Crippen molar-refractivity contribution in [1.29, 1.82) is 0 Å². The van der Waals surface area contributed by atoms with Crippen LogP contribution in [0.15, 0.2) is 60.7 Å². The molecule has 0 spiro atoms. The van der Waals surface area contributed by atoms with Gasteiger partial charge in [-0.05, 0) is 61.4 Å². The van der Waals surface area contributed by atoms with Crippen molar-refractivity contribution >= 4 is 34.7 Å². The molecule has 0 bridgehead atoms. The molecule has 1 aliphatic rings. The summed E-state index contributed by atoms with van der Waals surface area (Å²) in [6.45, 7) is 2.04. The third-order valence-electron chi connectivity index (χ3n) is 4.43. The zero-order valence-corrected chi connectivity index (χ0v) is 14.9. The number of hydrogen-bond acceptors (Lipinski definition) is 4. The lowest BCUT2D eigenvalue weighted by Gasteiger charge is -2.22. The van der Waals surface area contributed by atoms with Crippen LogP contribution in [0.4, 0.5) is 17.2 Å². The fraction of sp³-hybridized carbons (Fsp3) is 0.150. The van der Waals surface area contributed by atoms with Crippen molar-refractivity contribution in [3.05, 3.63) is 76.9 Å². The van der Waals surface area contributed by atoms with Gasteiger partial charge in [0, 0.05) is 22.4 Å². The Morgan fingerprint density at radius 1 is 1.08 bits per heavy atom. The molecule has 2 aromatic carbocycles. The number of halogens is 1. The number of amides is 1. The second-order valence-electron chi connectivity index (χ2n) is 6.29.